The van der Waals surface area contributed by atoms with E-state index in [1.807, 2.05) is 0 Å². The molecule has 0 bridgehead atoms. The lowest BCUT2D eigenvalue weighted by molar-refractivity contribution is -0.122. The normalized spacial score (nSPS) is 33.8. The minimum atomic E-state index is 0.210. The van der Waals surface area contributed by atoms with Gasteiger partial charge in [0.05, 0.1) is 6.54 Å². The fourth-order valence-corrected chi connectivity index (χ4v) is 2.78. The molecular weight excluding hydrogens is 212 g/mol. The maximum absolute atomic E-state index is 11.7. The van der Waals surface area contributed by atoms with Crippen molar-refractivity contribution in [3.8, 4) is 0 Å². The van der Waals surface area contributed by atoms with E-state index in [0.29, 0.717) is 18.6 Å². The Morgan fingerprint density at radius 2 is 1.88 bits per heavy atom. The van der Waals surface area contributed by atoms with Gasteiger partial charge in [-0.2, -0.15) is 0 Å². The van der Waals surface area contributed by atoms with Gasteiger partial charge in [-0.15, -0.1) is 0 Å². The molecule has 0 radical (unpaired) electrons. The number of carbonyl (C=O) groups excluding carboxylic acids is 1. The van der Waals surface area contributed by atoms with Crippen molar-refractivity contribution in [3.63, 3.8) is 0 Å². The fraction of sp³-hybridized carbons (Fsp3) is 0.929. The summed E-state index contributed by atoms with van der Waals surface area (Å²) in [4.78, 5) is 14.0. The van der Waals surface area contributed by atoms with Gasteiger partial charge < -0.3 is 5.32 Å². The first-order chi connectivity index (χ1) is 8.06. The van der Waals surface area contributed by atoms with Crippen molar-refractivity contribution in [2.75, 3.05) is 13.6 Å². The van der Waals surface area contributed by atoms with Crippen molar-refractivity contribution in [1.82, 2.24) is 10.2 Å². The Bertz CT molecular complexity index is 275. The second-order valence-corrected chi connectivity index (χ2v) is 6.18. The van der Waals surface area contributed by atoms with Gasteiger partial charge in [0.25, 0.3) is 0 Å². The average Bonchev–Trinajstić information content (AvgIpc) is 3.05. The largest absolute Gasteiger partial charge is 0.352 e. The van der Waals surface area contributed by atoms with Crippen LogP contribution in [0.2, 0.25) is 0 Å². The third-order valence-electron chi connectivity index (χ3n) is 4.53. The molecular formula is C14H26N2O. The van der Waals surface area contributed by atoms with Crippen molar-refractivity contribution >= 4 is 5.91 Å². The van der Waals surface area contributed by atoms with Crippen LogP contribution in [0.4, 0.5) is 0 Å². The van der Waals surface area contributed by atoms with Crippen LogP contribution < -0.4 is 5.32 Å². The highest BCUT2D eigenvalue weighted by atomic mass is 16.2. The summed E-state index contributed by atoms with van der Waals surface area (Å²) in [5.74, 6) is 1.85. The van der Waals surface area contributed by atoms with Crippen LogP contribution >= 0.6 is 0 Å². The van der Waals surface area contributed by atoms with Crippen LogP contribution in [0.25, 0.3) is 0 Å². The summed E-state index contributed by atoms with van der Waals surface area (Å²) in [5.41, 5.74) is 0. The molecule has 3 atom stereocenters. The van der Waals surface area contributed by atoms with Gasteiger partial charge in [0, 0.05) is 12.1 Å². The predicted octanol–water partition coefficient (Wildman–Crippen LogP) is 2.02. The lowest BCUT2D eigenvalue weighted by atomic mass is 9.78. The summed E-state index contributed by atoms with van der Waals surface area (Å²) in [6.45, 7) is 5.26. The Morgan fingerprint density at radius 1 is 1.18 bits per heavy atom. The molecule has 3 heteroatoms. The lowest BCUT2D eigenvalue weighted by Gasteiger charge is -2.37. The molecule has 2 aliphatic carbocycles. The monoisotopic (exact) mass is 238 g/mol. The highest BCUT2D eigenvalue weighted by Crippen LogP contribution is 2.31. The number of rotatable bonds is 4. The minimum absolute atomic E-state index is 0.210. The zero-order valence-corrected chi connectivity index (χ0v) is 11.4. The third kappa shape index (κ3) is 3.70. The van der Waals surface area contributed by atoms with Crippen LogP contribution in [0.15, 0.2) is 0 Å². The molecule has 2 aliphatic rings. The van der Waals surface area contributed by atoms with Crippen LogP contribution in [0.5, 0.6) is 0 Å². The minimum Gasteiger partial charge on any atom is -0.352 e. The molecule has 0 heterocycles. The van der Waals surface area contributed by atoms with Gasteiger partial charge in [0.1, 0.15) is 0 Å². The van der Waals surface area contributed by atoms with Gasteiger partial charge in [-0.3, -0.25) is 9.69 Å². The molecule has 0 aliphatic heterocycles. The van der Waals surface area contributed by atoms with E-state index in [-0.39, 0.29) is 5.91 Å². The van der Waals surface area contributed by atoms with Crippen LogP contribution in [0, 0.1) is 11.8 Å². The number of nitrogens with one attached hydrogen (secondary N) is 1. The smallest absolute Gasteiger partial charge is 0.234 e. The van der Waals surface area contributed by atoms with Crippen LogP contribution in [0.3, 0.4) is 0 Å². The van der Waals surface area contributed by atoms with Gasteiger partial charge in [0.2, 0.25) is 5.91 Å². The molecule has 1 amide bonds. The van der Waals surface area contributed by atoms with E-state index in [1.165, 1.54) is 32.1 Å². The summed E-state index contributed by atoms with van der Waals surface area (Å²) in [6.07, 6.45) is 6.15. The molecule has 0 saturated heterocycles. The molecule has 17 heavy (non-hydrogen) atoms. The van der Waals surface area contributed by atoms with E-state index in [0.717, 1.165) is 11.8 Å². The lowest BCUT2D eigenvalue weighted by Crippen LogP contribution is -2.43. The summed E-state index contributed by atoms with van der Waals surface area (Å²) in [6, 6.07) is 1.09. The Balaban J connectivity index is 1.74. The fourth-order valence-electron chi connectivity index (χ4n) is 2.78. The molecule has 0 aromatic rings. The first-order valence-corrected chi connectivity index (χ1v) is 7.06. The summed E-state index contributed by atoms with van der Waals surface area (Å²) < 4.78 is 0. The number of hydrogen-bond donors (Lipinski definition) is 1. The zero-order chi connectivity index (χ0) is 12.4. The Labute approximate surface area is 105 Å². The van der Waals surface area contributed by atoms with Crippen molar-refractivity contribution in [2.24, 2.45) is 11.8 Å². The maximum Gasteiger partial charge on any atom is 0.234 e. The van der Waals surface area contributed by atoms with Crippen molar-refractivity contribution in [2.45, 2.75) is 58.0 Å². The summed E-state index contributed by atoms with van der Waals surface area (Å²) >= 11 is 0. The second-order valence-electron chi connectivity index (χ2n) is 6.18. The molecule has 3 unspecified atom stereocenters. The third-order valence-corrected chi connectivity index (χ3v) is 4.53. The highest BCUT2D eigenvalue weighted by molar-refractivity contribution is 5.78. The SMILES string of the molecule is CC1CCC(N(C)CC(=O)NC2CC2)CC1C. The Morgan fingerprint density at radius 3 is 2.47 bits per heavy atom. The molecule has 3 nitrogen and oxygen atoms in total. The van der Waals surface area contributed by atoms with E-state index in [1.54, 1.807) is 0 Å². The van der Waals surface area contributed by atoms with Crippen LogP contribution in [-0.4, -0.2) is 36.5 Å². The first kappa shape index (κ1) is 12.9. The maximum atomic E-state index is 11.7. The summed E-state index contributed by atoms with van der Waals surface area (Å²) in [5, 5.41) is 3.06. The first-order valence-electron chi connectivity index (χ1n) is 7.06. The van der Waals surface area contributed by atoms with E-state index in [9.17, 15) is 4.79 Å². The number of hydrogen-bond acceptors (Lipinski definition) is 2. The molecule has 2 rings (SSSR count). The molecule has 0 aromatic heterocycles. The van der Waals surface area contributed by atoms with Crippen molar-refractivity contribution in [1.29, 1.82) is 0 Å². The van der Waals surface area contributed by atoms with E-state index >= 15 is 0 Å². The topological polar surface area (TPSA) is 32.3 Å². The van der Waals surface area contributed by atoms with Gasteiger partial charge in [0.15, 0.2) is 0 Å². The molecule has 0 aromatic carbocycles. The number of amides is 1. The van der Waals surface area contributed by atoms with Crippen molar-refractivity contribution < 1.29 is 4.79 Å². The van der Waals surface area contributed by atoms with E-state index in [2.05, 4.69) is 31.1 Å². The van der Waals surface area contributed by atoms with E-state index < -0.39 is 0 Å². The predicted molar refractivity (Wildman–Crippen MR) is 69.8 cm³/mol. The molecule has 0 spiro atoms. The number of carbonyl (C=O) groups is 1. The number of likely N-dealkylation sites (N-methyl/N-ethyl adjacent to an activating group) is 1. The van der Waals surface area contributed by atoms with Gasteiger partial charge in [-0.25, -0.2) is 0 Å². The summed E-state index contributed by atoms with van der Waals surface area (Å²) in [7, 11) is 2.10. The molecule has 2 fully saturated rings. The molecule has 1 N–H and O–H groups in total. The quantitative estimate of drug-likeness (QED) is 0.812. The second kappa shape index (κ2) is 5.38. The van der Waals surface area contributed by atoms with Gasteiger partial charge in [-0.1, -0.05) is 13.8 Å². The molecule has 2 saturated carbocycles. The van der Waals surface area contributed by atoms with Crippen LogP contribution in [-0.2, 0) is 4.79 Å². The van der Waals surface area contributed by atoms with Gasteiger partial charge >= 0.3 is 0 Å². The molecule has 98 valence electrons. The van der Waals surface area contributed by atoms with E-state index in [4.69, 9.17) is 0 Å². The average molecular weight is 238 g/mol. The Hall–Kier alpha value is -0.570. The van der Waals surface area contributed by atoms with Gasteiger partial charge in [-0.05, 0) is 51.0 Å². The highest BCUT2D eigenvalue weighted by Gasteiger charge is 2.29. The number of nitrogens with zero attached hydrogens (tertiary/aromatic N) is 1. The van der Waals surface area contributed by atoms with Crippen LogP contribution in [0.1, 0.15) is 46.0 Å². The zero-order valence-electron chi connectivity index (χ0n) is 11.4. The Kier molecular flexibility index (Phi) is 4.08. The van der Waals surface area contributed by atoms with Crippen molar-refractivity contribution in [3.05, 3.63) is 0 Å². The standard InChI is InChI=1S/C14H26N2O/c1-10-4-7-13(8-11(10)2)16(3)9-14(17)15-12-5-6-12/h10-13H,4-9H2,1-3H3,(H,15,17).